The summed E-state index contributed by atoms with van der Waals surface area (Å²) in [5.41, 5.74) is 4.59. The average Bonchev–Trinajstić information content (AvgIpc) is 2.79. The molecule has 0 bridgehead atoms. The monoisotopic (exact) mass is 309 g/mol. The molecular weight excluding hydrogens is 301 g/mol. The van der Waals surface area contributed by atoms with E-state index in [2.05, 4.69) is 20.6 Å². The zero-order valence-electron chi connectivity index (χ0n) is 10.3. The second-order valence-corrected chi connectivity index (χ2v) is 5.05. The molecule has 2 aromatic heterocycles. The number of aryl methyl sites for hydroxylation is 1. The topological polar surface area (TPSA) is 75.6 Å². The van der Waals surface area contributed by atoms with Gasteiger partial charge in [0.05, 0.1) is 16.4 Å². The van der Waals surface area contributed by atoms with Crippen molar-refractivity contribution in [2.75, 3.05) is 5.43 Å². The minimum atomic E-state index is -0.324. The van der Waals surface area contributed by atoms with Gasteiger partial charge in [0.15, 0.2) is 5.52 Å². The summed E-state index contributed by atoms with van der Waals surface area (Å²) in [4.78, 5) is 16.4. The van der Waals surface area contributed by atoms with Crippen LogP contribution in [0.1, 0.15) is 5.69 Å². The second-order valence-electron chi connectivity index (χ2n) is 4.20. The van der Waals surface area contributed by atoms with Crippen molar-refractivity contribution in [3.05, 3.63) is 50.6 Å². The molecule has 1 aromatic carbocycles. The second kappa shape index (κ2) is 4.81. The first-order chi connectivity index (χ1) is 9.56. The number of halogens is 2. The van der Waals surface area contributed by atoms with Gasteiger partial charge in [-0.2, -0.15) is 5.10 Å². The van der Waals surface area contributed by atoms with Crippen molar-refractivity contribution in [3.8, 4) is 0 Å². The van der Waals surface area contributed by atoms with E-state index in [1.807, 2.05) is 0 Å². The van der Waals surface area contributed by atoms with E-state index < -0.39 is 0 Å². The fourth-order valence-corrected chi connectivity index (χ4v) is 2.14. The summed E-state index contributed by atoms with van der Waals surface area (Å²) >= 11 is 11.9. The van der Waals surface area contributed by atoms with Crippen LogP contribution in [-0.4, -0.2) is 19.9 Å². The standard InChI is InChI=1S/C12H9Cl2N5O/c1-6-10-11(17-16-6)12(20)19(5-15-10)18-9-4-7(13)2-3-8(9)14/h2-5,18H,1H3,(H,16,17). The third-order valence-corrected chi connectivity index (χ3v) is 3.37. The number of aromatic amines is 1. The number of rotatable bonds is 2. The number of hydrogen-bond donors (Lipinski definition) is 2. The molecule has 2 N–H and O–H groups in total. The van der Waals surface area contributed by atoms with E-state index >= 15 is 0 Å². The zero-order chi connectivity index (χ0) is 14.3. The van der Waals surface area contributed by atoms with Gasteiger partial charge in [0.1, 0.15) is 11.8 Å². The Balaban J connectivity index is 2.09. The van der Waals surface area contributed by atoms with Crippen LogP contribution in [0.5, 0.6) is 0 Å². The smallest absolute Gasteiger partial charge is 0.289 e. The first-order valence-electron chi connectivity index (χ1n) is 5.70. The van der Waals surface area contributed by atoms with Gasteiger partial charge < -0.3 is 0 Å². The molecule has 0 radical (unpaired) electrons. The van der Waals surface area contributed by atoms with Crippen molar-refractivity contribution in [3.63, 3.8) is 0 Å². The Kier molecular flexibility index (Phi) is 3.11. The molecule has 0 unspecified atom stereocenters. The number of hydrogen-bond acceptors (Lipinski definition) is 4. The maximum atomic E-state index is 12.2. The molecule has 3 aromatic rings. The highest BCUT2D eigenvalue weighted by molar-refractivity contribution is 6.35. The first kappa shape index (κ1) is 13.0. The van der Waals surface area contributed by atoms with Crippen LogP contribution >= 0.6 is 23.2 Å². The molecule has 6 nitrogen and oxygen atoms in total. The molecular formula is C12H9Cl2N5O. The molecule has 0 saturated carbocycles. The van der Waals surface area contributed by atoms with Crippen LogP contribution in [-0.2, 0) is 0 Å². The molecule has 0 aliphatic rings. The lowest BCUT2D eigenvalue weighted by Crippen LogP contribution is -2.26. The molecule has 2 heterocycles. The van der Waals surface area contributed by atoms with Gasteiger partial charge >= 0.3 is 5.56 Å². The minimum absolute atomic E-state index is 0.260. The van der Waals surface area contributed by atoms with Gasteiger partial charge in [-0.25, -0.2) is 9.66 Å². The third kappa shape index (κ3) is 2.13. The molecule has 0 fully saturated rings. The number of H-pyrrole nitrogens is 1. The van der Waals surface area contributed by atoms with Crippen LogP contribution in [0.4, 0.5) is 5.69 Å². The maximum Gasteiger partial charge on any atom is 0.300 e. The molecule has 0 aliphatic heterocycles. The average molecular weight is 310 g/mol. The lowest BCUT2D eigenvalue weighted by molar-refractivity contribution is 0.876. The Morgan fingerprint density at radius 3 is 2.90 bits per heavy atom. The van der Waals surface area contributed by atoms with Crippen molar-refractivity contribution < 1.29 is 0 Å². The van der Waals surface area contributed by atoms with E-state index in [0.29, 0.717) is 21.2 Å². The lowest BCUT2D eigenvalue weighted by Gasteiger charge is -2.10. The van der Waals surface area contributed by atoms with Gasteiger partial charge in [0.2, 0.25) is 0 Å². The molecule has 3 rings (SSSR count). The minimum Gasteiger partial charge on any atom is -0.289 e. The number of fused-ring (bicyclic) bond motifs is 1. The Morgan fingerprint density at radius 1 is 1.30 bits per heavy atom. The highest BCUT2D eigenvalue weighted by atomic mass is 35.5. The van der Waals surface area contributed by atoms with Gasteiger partial charge in [-0.15, -0.1) is 0 Å². The van der Waals surface area contributed by atoms with Gasteiger partial charge in [-0.3, -0.25) is 15.3 Å². The molecule has 0 saturated heterocycles. The molecule has 0 amide bonds. The Labute approximate surface area is 123 Å². The molecule has 8 heteroatoms. The van der Waals surface area contributed by atoms with Crippen molar-refractivity contribution in [1.29, 1.82) is 0 Å². The van der Waals surface area contributed by atoms with Crippen molar-refractivity contribution >= 4 is 39.9 Å². The van der Waals surface area contributed by atoms with Crippen LogP contribution in [0.25, 0.3) is 11.0 Å². The molecule has 20 heavy (non-hydrogen) atoms. The number of aromatic nitrogens is 4. The predicted octanol–water partition coefficient (Wildman–Crippen LogP) is 2.61. The fraction of sp³-hybridized carbons (Fsp3) is 0.0833. The normalized spacial score (nSPS) is 10.9. The summed E-state index contributed by atoms with van der Waals surface area (Å²) in [6.45, 7) is 1.80. The van der Waals surface area contributed by atoms with E-state index in [-0.39, 0.29) is 11.1 Å². The van der Waals surface area contributed by atoms with Crippen LogP contribution in [0, 0.1) is 6.92 Å². The Hall–Kier alpha value is -2.05. The number of benzene rings is 1. The summed E-state index contributed by atoms with van der Waals surface area (Å²) in [7, 11) is 0. The molecule has 0 spiro atoms. The van der Waals surface area contributed by atoms with E-state index in [1.165, 1.54) is 11.0 Å². The maximum absolute atomic E-state index is 12.2. The van der Waals surface area contributed by atoms with Gasteiger partial charge in [-0.05, 0) is 25.1 Å². The molecule has 102 valence electrons. The van der Waals surface area contributed by atoms with Crippen LogP contribution in [0.15, 0.2) is 29.3 Å². The van der Waals surface area contributed by atoms with Crippen molar-refractivity contribution in [2.24, 2.45) is 0 Å². The third-order valence-electron chi connectivity index (χ3n) is 2.81. The first-order valence-corrected chi connectivity index (χ1v) is 6.46. The van der Waals surface area contributed by atoms with Gasteiger partial charge in [-0.1, -0.05) is 23.2 Å². The van der Waals surface area contributed by atoms with Crippen LogP contribution in [0.3, 0.4) is 0 Å². The highest BCUT2D eigenvalue weighted by Gasteiger charge is 2.10. The largest absolute Gasteiger partial charge is 0.300 e. The Bertz CT molecular complexity index is 855. The predicted molar refractivity (Wildman–Crippen MR) is 78.4 cm³/mol. The van der Waals surface area contributed by atoms with E-state index in [9.17, 15) is 4.79 Å². The van der Waals surface area contributed by atoms with E-state index in [4.69, 9.17) is 23.2 Å². The fourth-order valence-electron chi connectivity index (χ4n) is 1.80. The van der Waals surface area contributed by atoms with Crippen molar-refractivity contribution in [1.82, 2.24) is 19.9 Å². The van der Waals surface area contributed by atoms with Gasteiger partial charge in [0, 0.05) is 5.02 Å². The number of nitrogens with zero attached hydrogens (tertiary/aromatic N) is 3. The summed E-state index contributed by atoms with van der Waals surface area (Å²) in [5.74, 6) is 0. The van der Waals surface area contributed by atoms with Crippen molar-refractivity contribution in [2.45, 2.75) is 6.92 Å². The number of anilines is 1. The summed E-state index contributed by atoms with van der Waals surface area (Å²) in [6.07, 6.45) is 1.38. The van der Waals surface area contributed by atoms with Gasteiger partial charge in [0.25, 0.3) is 0 Å². The summed E-state index contributed by atoms with van der Waals surface area (Å²) in [6, 6.07) is 4.93. The summed E-state index contributed by atoms with van der Waals surface area (Å²) in [5, 5.41) is 7.62. The Morgan fingerprint density at radius 2 is 2.10 bits per heavy atom. The highest BCUT2D eigenvalue weighted by Crippen LogP contribution is 2.25. The number of nitrogens with one attached hydrogen (secondary N) is 2. The zero-order valence-corrected chi connectivity index (χ0v) is 11.8. The molecule has 0 atom stereocenters. The van der Waals surface area contributed by atoms with E-state index in [0.717, 1.165) is 5.69 Å². The van der Waals surface area contributed by atoms with Crippen LogP contribution < -0.4 is 11.0 Å². The summed E-state index contributed by atoms with van der Waals surface area (Å²) < 4.78 is 1.21. The molecule has 0 aliphatic carbocycles. The quantitative estimate of drug-likeness (QED) is 0.763. The SMILES string of the molecule is Cc1[nH]nc2c(=O)n(Nc3cc(Cl)ccc3Cl)cnc12. The lowest BCUT2D eigenvalue weighted by atomic mass is 10.3. The van der Waals surface area contributed by atoms with E-state index in [1.54, 1.807) is 25.1 Å². The van der Waals surface area contributed by atoms with Crippen LogP contribution in [0.2, 0.25) is 10.0 Å².